The van der Waals surface area contributed by atoms with E-state index in [0.29, 0.717) is 24.3 Å². The van der Waals surface area contributed by atoms with Gasteiger partial charge in [-0.3, -0.25) is 4.79 Å². The summed E-state index contributed by atoms with van der Waals surface area (Å²) in [5.74, 6) is 0.0284. The molecule has 0 aliphatic carbocycles. The number of nitrogens with zero attached hydrogens (tertiary/aromatic N) is 3. The van der Waals surface area contributed by atoms with Crippen molar-refractivity contribution in [2.75, 3.05) is 33.8 Å². The fraction of sp³-hybridized carbons (Fsp3) is 0.667. The fourth-order valence-electron chi connectivity index (χ4n) is 2.45. The van der Waals surface area contributed by atoms with Crippen LogP contribution in [0.3, 0.4) is 0 Å². The van der Waals surface area contributed by atoms with Gasteiger partial charge in [0, 0.05) is 31.7 Å². The van der Waals surface area contributed by atoms with Crippen molar-refractivity contribution >= 4 is 5.91 Å². The highest BCUT2D eigenvalue weighted by molar-refractivity contribution is 5.95. The molecule has 1 aliphatic heterocycles. The van der Waals surface area contributed by atoms with Crippen molar-refractivity contribution in [2.24, 2.45) is 5.92 Å². The molecule has 0 radical (unpaired) electrons. The molecule has 1 aromatic rings. The number of rotatable bonds is 3. The number of carbonyl (C=O) groups excluding carboxylic acids is 1. The van der Waals surface area contributed by atoms with Gasteiger partial charge >= 0.3 is 0 Å². The molecule has 2 rings (SSSR count). The molecule has 0 spiro atoms. The minimum atomic E-state index is -0.0726. The Morgan fingerprint density at radius 1 is 1.61 bits per heavy atom. The summed E-state index contributed by atoms with van der Waals surface area (Å²) >= 11 is 0. The first-order chi connectivity index (χ1) is 8.54. The molecule has 18 heavy (non-hydrogen) atoms. The van der Waals surface area contributed by atoms with E-state index in [1.807, 2.05) is 14.1 Å². The Balaban J connectivity index is 2.12. The van der Waals surface area contributed by atoms with Crippen LogP contribution in [-0.4, -0.2) is 65.8 Å². The van der Waals surface area contributed by atoms with Crippen LogP contribution in [-0.2, 0) is 0 Å². The van der Waals surface area contributed by atoms with Crippen molar-refractivity contribution in [3.05, 3.63) is 17.5 Å². The Bertz CT molecular complexity index is 430. The highest BCUT2D eigenvalue weighted by Gasteiger charge is 2.37. The molecule has 1 aliphatic rings. The van der Waals surface area contributed by atoms with Gasteiger partial charge in [0.2, 0.25) is 0 Å². The van der Waals surface area contributed by atoms with E-state index in [1.54, 1.807) is 11.8 Å². The van der Waals surface area contributed by atoms with Gasteiger partial charge in [-0.25, -0.2) is 0 Å². The lowest BCUT2D eigenvalue weighted by Crippen LogP contribution is -2.37. The van der Waals surface area contributed by atoms with Crippen LogP contribution >= 0.6 is 0 Å². The zero-order chi connectivity index (χ0) is 13.3. The van der Waals surface area contributed by atoms with Crippen molar-refractivity contribution in [2.45, 2.75) is 13.0 Å². The first kappa shape index (κ1) is 13.0. The maximum absolute atomic E-state index is 12.3. The van der Waals surface area contributed by atoms with Crippen molar-refractivity contribution in [3.63, 3.8) is 0 Å². The van der Waals surface area contributed by atoms with E-state index in [-0.39, 0.29) is 24.5 Å². The van der Waals surface area contributed by atoms with Gasteiger partial charge in [0.05, 0.1) is 5.69 Å². The zero-order valence-corrected chi connectivity index (χ0v) is 11.0. The molecule has 1 N–H and O–H groups in total. The van der Waals surface area contributed by atoms with Crippen molar-refractivity contribution in [1.29, 1.82) is 0 Å². The second kappa shape index (κ2) is 5.07. The highest BCUT2D eigenvalue weighted by Crippen LogP contribution is 2.22. The molecule has 1 aromatic heterocycles. The Morgan fingerprint density at radius 2 is 2.33 bits per heavy atom. The summed E-state index contributed by atoms with van der Waals surface area (Å²) in [6.07, 6.45) is 1.38. The van der Waals surface area contributed by atoms with Gasteiger partial charge < -0.3 is 19.4 Å². The summed E-state index contributed by atoms with van der Waals surface area (Å²) in [7, 11) is 3.93. The average Bonchev–Trinajstić information content (AvgIpc) is 2.93. The van der Waals surface area contributed by atoms with E-state index in [0.717, 1.165) is 0 Å². The van der Waals surface area contributed by atoms with Crippen LogP contribution in [0.2, 0.25) is 0 Å². The number of hydrogen-bond acceptors (Lipinski definition) is 5. The Morgan fingerprint density at radius 3 is 2.78 bits per heavy atom. The maximum atomic E-state index is 12.3. The van der Waals surface area contributed by atoms with E-state index in [2.05, 4.69) is 10.1 Å². The quantitative estimate of drug-likeness (QED) is 0.819. The zero-order valence-electron chi connectivity index (χ0n) is 11.0. The normalized spacial score (nSPS) is 23.9. The molecule has 1 fully saturated rings. The second-order valence-corrected chi connectivity index (χ2v) is 5.00. The molecular formula is C12H19N3O3. The van der Waals surface area contributed by atoms with Gasteiger partial charge in [-0.05, 0) is 21.0 Å². The van der Waals surface area contributed by atoms with Crippen LogP contribution in [0.1, 0.15) is 16.1 Å². The number of aromatic nitrogens is 1. The van der Waals surface area contributed by atoms with Gasteiger partial charge in [0.25, 0.3) is 5.91 Å². The number of likely N-dealkylation sites (N-methyl/N-ethyl adjacent to an activating group) is 1. The summed E-state index contributed by atoms with van der Waals surface area (Å²) in [6, 6.07) is 0.194. The van der Waals surface area contributed by atoms with E-state index >= 15 is 0 Å². The standard InChI is InChI=1S/C12H19N3O3/c1-8-10(7-18-13-8)12(17)15-4-9(6-16)11(5-15)14(2)3/h7,9,11,16H,4-6H2,1-3H3/t9-,11+/m0/s1. The van der Waals surface area contributed by atoms with Gasteiger partial charge in [-0.2, -0.15) is 0 Å². The number of likely N-dealkylation sites (tertiary alicyclic amines) is 1. The smallest absolute Gasteiger partial charge is 0.259 e. The maximum Gasteiger partial charge on any atom is 0.259 e. The first-order valence-corrected chi connectivity index (χ1v) is 6.02. The van der Waals surface area contributed by atoms with Crippen LogP contribution in [0.15, 0.2) is 10.8 Å². The molecule has 0 aromatic carbocycles. The van der Waals surface area contributed by atoms with Crippen LogP contribution in [0.5, 0.6) is 0 Å². The summed E-state index contributed by atoms with van der Waals surface area (Å²) in [4.78, 5) is 16.1. The third-order valence-corrected chi connectivity index (χ3v) is 3.57. The topological polar surface area (TPSA) is 69.8 Å². The lowest BCUT2D eigenvalue weighted by atomic mass is 10.0. The molecule has 0 bridgehead atoms. The molecule has 0 unspecified atom stereocenters. The number of aliphatic hydroxyl groups is 1. The molecule has 1 saturated heterocycles. The van der Waals surface area contributed by atoms with Gasteiger partial charge in [-0.1, -0.05) is 5.16 Å². The predicted octanol–water partition coefficient (Wildman–Crippen LogP) is -0.0225. The van der Waals surface area contributed by atoms with E-state index in [9.17, 15) is 9.90 Å². The van der Waals surface area contributed by atoms with E-state index < -0.39 is 0 Å². The Labute approximate surface area is 106 Å². The Hall–Kier alpha value is -1.40. The molecular weight excluding hydrogens is 234 g/mol. The summed E-state index contributed by atoms with van der Waals surface area (Å²) < 4.78 is 4.80. The highest BCUT2D eigenvalue weighted by atomic mass is 16.5. The molecule has 6 nitrogen and oxygen atoms in total. The third kappa shape index (κ3) is 2.26. The molecule has 2 atom stereocenters. The number of aliphatic hydroxyl groups excluding tert-OH is 1. The number of carbonyl (C=O) groups is 1. The minimum Gasteiger partial charge on any atom is -0.396 e. The molecule has 1 amide bonds. The summed E-state index contributed by atoms with van der Waals surface area (Å²) in [5, 5.41) is 13.1. The van der Waals surface area contributed by atoms with Crippen molar-refractivity contribution < 1.29 is 14.4 Å². The van der Waals surface area contributed by atoms with Gasteiger partial charge in [0.15, 0.2) is 0 Å². The monoisotopic (exact) mass is 253 g/mol. The van der Waals surface area contributed by atoms with Gasteiger partial charge in [-0.15, -0.1) is 0 Å². The van der Waals surface area contributed by atoms with Crippen LogP contribution < -0.4 is 0 Å². The van der Waals surface area contributed by atoms with Crippen molar-refractivity contribution in [1.82, 2.24) is 15.0 Å². The number of aryl methyl sites for hydroxylation is 1. The number of hydrogen-bond donors (Lipinski definition) is 1. The molecule has 6 heteroatoms. The van der Waals surface area contributed by atoms with Crippen LogP contribution in [0.4, 0.5) is 0 Å². The molecule has 0 saturated carbocycles. The SMILES string of the molecule is Cc1nocc1C(=O)N1C[C@@H](CO)[C@H](N(C)C)C1. The Kier molecular flexibility index (Phi) is 3.68. The lowest BCUT2D eigenvalue weighted by Gasteiger charge is -2.23. The number of amides is 1. The summed E-state index contributed by atoms with van der Waals surface area (Å²) in [6.45, 7) is 3.04. The minimum absolute atomic E-state index is 0.0726. The average molecular weight is 253 g/mol. The van der Waals surface area contributed by atoms with E-state index in [4.69, 9.17) is 4.52 Å². The predicted molar refractivity (Wildman–Crippen MR) is 65.2 cm³/mol. The summed E-state index contributed by atoms with van der Waals surface area (Å²) in [5.41, 5.74) is 1.11. The fourth-order valence-corrected chi connectivity index (χ4v) is 2.45. The first-order valence-electron chi connectivity index (χ1n) is 6.02. The van der Waals surface area contributed by atoms with Crippen LogP contribution in [0, 0.1) is 12.8 Å². The van der Waals surface area contributed by atoms with Gasteiger partial charge in [0.1, 0.15) is 11.8 Å². The van der Waals surface area contributed by atoms with E-state index in [1.165, 1.54) is 6.26 Å². The van der Waals surface area contributed by atoms with Crippen molar-refractivity contribution in [3.8, 4) is 0 Å². The second-order valence-electron chi connectivity index (χ2n) is 5.00. The lowest BCUT2D eigenvalue weighted by molar-refractivity contribution is 0.0777. The van der Waals surface area contributed by atoms with Crippen LogP contribution in [0.25, 0.3) is 0 Å². The molecule has 2 heterocycles. The molecule has 100 valence electrons. The third-order valence-electron chi connectivity index (χ3n) is 3.57. The largest absolute Gasteiger partial charge is 0.396 e.